The lowest BCUT2D eigenvalue weighted by Gasteiger charge is -2.15. The van der Waals surface area contributed by atoms with E-state index in [1.54, 1.807) is 12.5 Å². The van der Waals surface area contributed by atoms with Crippen LogP contribution in [0.25, 0.3) is 11.0 Å². The maximum absolute atomic E-state index is 13.2. The van der Waals surface area contributed by atoms with Gasteiger partial charge in [0.2, 0.25) is 5.95 Å². The third kappa shape index (κ3) is 3.24. The van der Waals surface area contributed by atoms with Gasteiger partial charge in [-0.3, -0.25) is 0 Å². The summed E-state index contributed by atoms with van der Waals surface area (Å²) in [7, 11) is 1.87. The highest BCUT2D eigenvalue weighted by Crippen LogP contribution is 2.32. The Morgan fingerprint density at radius 2 is 1.93 bits per heavy atom. The lowest BCUT2D eigenvalue weighted by atomic mass is 9.98. The number of nitrogen functional groups attached to an aromatic ring is 1. The fourth-order valence-electron chi connectivity index (χ4n) is 2.83. The van der Waals surface area contributed by atoms with Gasteiger partial charge >= 0.3 is 0 Å². The lowest BCUT2D eigenvalue weighted by molar-refractivity contribution is 0.606. The molecule has 4 heterocycles. The van der Waals surface area contributed by atoms with Crippen molar-refractivity contribution in [3.8, 4) is 0 Å². The second-order valence-corrected chi connectivity index (χ2v) is 6.06. The summed E-state index contributed by atoms with van der Waals surface area (Å²) in [6.45, 7) is 1.92. The molecule has 0 fully saturated rings. The highest BCUT2D eigenvalue weighted by atomic mass is 19.1. The molecule has 0 aromatic carbocycles. The Morgan fingerprint density at radius 1 is 1.15 bits per heavy atom. The summed E-state index contributed by atoms with van der Waals surface area (Å²) >= 11 is 0. The first-order valence-electron chi connectivity index (χ1n) is 8.16. The van der Waals surface area contributed by atoms with E-state index in [1.165, 1.54) is 0 Å². The van der Waals surface area contributed by atoms with Crippen molar-refractivity contribution in [3.63, 3.8) is 0 Å². The molecule has 0 amide bonds. The van der Waals surface area contributed by atoms with Crippen LogP contribution in [-0.4, -0.2) is 34.5 Å². The van der Waals surface area contributed by atoms with Crippen molar-refractivity contribution in [3.05, 3.63) is 54.4 Å². The van der Waals surface area contributed by atoms with Crippen LogP contribution in [0.2, 0.25) is 0 Å². The molecule has 0 aliphatic carbocycles. The van der Waals surface area contributed by atoms with E-state index >= 15 is 0 Å². The van der Waals surface area contributed by atoms with Gasteiger partial charge in [0.25, 0.3) is 0 Å². The van der Waals surface area contributed by atoms with Crippen molar-refractivity contribution in [1.29, 1.82) is 0 Å². The number of anilines is 3. The van der Waals surface area contributed by atoms with E-state index < -0.39 is 5.82 Å². The fourth-order valence-corrected chi connectivity index (χ4v) is 2.83. The van der Waals surface area contributed by atoms with Gasteiger partial charge in [0.15, 0.2) is 11.5 Å². The zero-order valence-electron chi connectivity index (χ0n) is 14.6. The molecule has 0 spiro atoms. The molecule has 9 nitrogen and oxygen atoms in total. The molecule has 1 atom stereocenters. The SMILES string of the molecule is C[C@@H](c1ncc(F)cn1)c1ccnc2nc(N)nc(Nc3cn(C)cn3)c12. The molecule has 136 valence electrons. The van der Waals surface area contributed by atoms with Gasteiger partial charge in [0, 0.05) is 25.4 Å². The van der Waals surface area contributed by atoms with E-state index in [2.05, 4.69) is 35.2 Å². The van der Waals surface area contributed by atoms with E-state index in [1.807, 2.05) is 30.8 Å². The van der Waals surface area contributed by atoms with E-state index in [0.717, 1.165) is 18.0 Å². The van der Waals surface area contributed by atoms with Crippen LogP contribution in [0.15, 0.2) is 37.2 Å². The van der Waals surface area contributed by atoms with E-state index in [9.17, 15) is 4.39 Å². The molecule has 3 N–H and O–H groups in total. The predicted molar refractivity (Wildman–Crippen MR) is 97.7 cm³/mol. The second kappa shape index (κ2) is 6.56. The summed E-state index contributed by atoms with van der Waals surface area (Å²) in [6, 6.07) is 1.84. The van der Waals surface area contributed by atoms with E-state index in [-0.39, 0.29) is 11.9 Å². The minimum absolute atomic E-state index is 0.0938. The average Bonchev–Trinajstić information content (AvgIpc) is 3.05. The molecule has 27 heavy (non-hydrogen) atoms. The quantitative estimate of drug-likeness (QED) is 0.564. The van der Waals surface area contributed by atoms with Crippen molar-refractivity contribution in [2.45, 2.75) is 12.8 Å². The summed E-state index contributed by atoms with van der Waals surface area (Å²) < 4.78 is 15.0. The monoisotopic (exact) mass is 365 g/mol. The number of aromatic nitrogens is 7. The highest BCUT2D eigenvalue weighted by Gasteiger charge is 2.20. The first kappa shape index (κ1) is 16.8. The molecule has 4 aromatic heterocycles. The van der Waals surface area contributed by atoms with Gasteiger partial charge in [-0.25, -0.2) is 24.3 Å². The van der Waals surface area contributed by atoms with Gasteiger partial charge in [-0.15, -0.1) is 0 Å². The van der Waals surface area contributed by atoms with Crippen molar-refractivity contribution in [2.75, 3.05) is 11.1 Å². The van der Waals surface area contributed by atoms with Gasteiger partial charge in [-0.05, 0) is 11.6 Å². The smallest absolute Gasteiger partial charge is 0.224 e. The van der Waals surface area contributed by atoms with Crippen LogP contribution < -0.4 is 11.1 Å². The molecule has 4 aromatic rings. The Balaban J connectivity index is 1.86. The molecule has 0 aliphatic heterocycles. The molecule has 10 heteroatoms. The minimum Gasteiger partial charge on any atom is -0.368 e. The fraction of sp³-hybridized carbons (Fsp3) is 0.176. The van der Waals surface area contributed by atoms with Gasteiger partial charge in [0.05, 0.1) is 24.1 Å². The number of nitrogens with zero attached hydrogens (tertiary/aromatic N) is 7. The molecular formula is C17H16FN9. The molecule has 4 rings (SSSR count). The molecule has 0 saturated carbocycles. The first-order chi connectivity index (χ1) is 13.0. The molecule has 0 bridgehead atoms. The van der Waals surface area contributed by atoms with Crippen molar-refractivity contribution in [1.82, 2.24) is 34.5 Å². The Hall–Kier alpha value is -3.69. The zero-order chi connectivity index (χ0) is 19.0. The molecule has 0 saturated heterocycles. The molecule has 0 aliphatic rings. The van der Waals surface area contributed by atoms with Crippen molar-refractivity contribution < 1.29 is 4.39 Å². The Bertz CT molecular complexity index is 1110. The van der Waals surface area contributed by atoms with Crippen LogP contribution in [0, 0.1) is 5.82 Å². The third-order valence-electron chi connectivity index (χ3n) is 4.09. The van der Waals surface area contributed by atoms with Crippen LogP contribution in [0.1, 0.15) is 24.2 Å². The summed E-state index contributed by atoms with van der Waals surface area (Å²) in [4.78, 5) is 25.3. The average molecular weight is 365 g/mol. The molecular weight excluding hydrogens is 349 g/mol. The van der Waals surface area contributed by atoms with E-state index in [0.29, 0.717) is 28.5 Å². The zero-order valence-corrected chi connectivity index (χ0v) is 14.6. The predicted octanol–water partition coefficient (Wildman–Crippen LogP) is 2.17. The van der Waals surface area contributed by atoms with Crippen LogP contribution in [-0.2, 0) is 7.05 Å². The standard InChI is InChI=1S/C17H16FN9/c1-9(14-21-5-10(18)6-22-14)11-3-4-20-15-13(11)16(26-17(19)25-15)24-12-7-27(2)8-23-12/h3-9H,1-2H3,(H3,19,20,24,25,26)/t9-/m1/s1. The number of aryl methyl sites for hydroxylation is 1. The number of pyridine rings is 1. The minimum atomic E-state index is -0.487. The number of rotatable bonds is 4. The molecule has 0 radical (unpaired) electrons. The maximum atomic E-state index is 13.2. The Morgan fingerprint density at radius 3 is 2.63 bits per heavy atom. The van der Waals surface area contributed by atoms with Crippen LogP contribution in [0.3, 0.4) is 0 Å². The van der Waals surface area contributed by atoms with Gasteiger partial charge in [-0.2, -0.15) is 9.97 Å². The first-order valence-corrected chi connectivity index (χ1v) is 8.16. The van der Waals surface area contributed by atoms with Gasteiger partial charge in [-0.1, -0.05) is 6.92 Å². The van der Waals surface area contributed by atoms with E-state index in [4.69, 9.17) is 5.73 Å². The lowest BCUT2D eigenvalue weighted by Crippen LogP contribution is -2.08. The van der Waals surface area contributed by atoms with Crippen LogP contribution >= 0.6 is 0 Å². The number of fused-ring (bicyclic) bond motifs is 1. The highest BCUT2D eigenvalue weighted by molar-refractivity contribution is 5.92. The third-order valence-corrected chi connectivity index (χ3v) is 4.09. The van der Waals surface area contributed by atoms with Gasteiger partial charge in [0.1, 0.15) is 17.5 Å². The number of nitrogens with two attached hydrogens (primary N) is 1. The summed E-state index contributed by atoms with van der Waals surface area (Å²) in [6.07, 6.45) is 7.40. The van der Waals surface area contributed by atoms with Crippen LogP contribution in [0.5, 0.6) is 0 Å². The molecule has 0 unspecified atom stereocenters. The summed E-state index contributed by atoms with van der Waals surface area (Å²) in [5.41, 5.74) is 7.12. The Labute approximate surface area is 153 Å². The Kier molecular flexibility index (Phi) is 4.07. The maximum Gasteiger partial charge on any atom is 0.224 e. The van der Waals surface area contributed by atoms with Gasteiger partial charge < -0.3 is 15.6 Å². The largest absolute Gasteiger partial charge is 0.368 e. The van der Waals surface area contributed by atoms with Crippen molar-refractivity contribution in [2.24, 2.45) is 7.05 Å². The normalized spacial score (nSPS) is 12.3. The number of nitrogens with one attached hydrogen (secondary N) is 1. The van der Waals surface area contributed by atoms with Crippen molar-refractivity contribution >= 4 is 28.6 Å². The number of hydrogen-bond acceptors (Lipinski definition) is 8. The number of imidazole rings is 1. The topological polar surface area (TPSA) is 120 Å². The summed E-state index contributed by atoms with van der Waals surface area (Å²) in [5, 5.41) is 3.84. The number of hydrogen-bond donors (Lipinski definition) is 2. The summed E-state index contributed by atoms with van der Waals surface area (Å²) in [5.74, 6) is 0.929. The second-order valence-electron chi connectivity index (χ2n) is 6.06. The van der Waals surface area contributed by atoms with Crippen LogP contribution in [0.4, 0.5) is 22.0 Å². The number of halogens is 1.